The van der Waals surface area contributed by atoms with E-state index in [2.05, 4.69) is 20.6 Å². The third-order valence-electron chi connectivity index (χ3n) is 1.52. The number of aromatic nitrogens is 2. The van der Waals surface area contributed by atoms with E-state index in [9.17, 15) is 9.59 Å². The molecule has 1 unspecified atom stereocenters. The van der Waals surface area contributed by atoms with Crippen molar-refractivity contribution in [2.45, 2.75) is 13.0 Å². The molecule has 2 amide bonds. The zero-order valence-corrected chi connectivity index (χ0v) is 7.97. The number of carboxylic acid groups (broad SMARTS) is 1. The molecule has 0 radical (unpaired) electrons. The maximum absolute atomic E-state index is 11.2. The zero-order valence-electron chi connectivity index (χ0n) is 7.97. The van der Waals surface area contributed by atoms with Gasteiger partial charge in [-0.25, -0.2) is 9.78 Å². The molecule has 1 atom stereocenters. The Labute approximate surface area is 85.5 Å². The highest BCUT2D eigenvalue weighted by Gasteiger charge is 2.13. The first-order valence-electron chi connectivity index (χ1n) is 4.16. The van der Waals surface area contributed by atoms with Crippen molar-refractivity contribution < 1.29 is 14.7 Å². The Morgan fingerprint density at radius 1 is 1.47 bits per heavy atom. The summed E-state index contributed by atoms with van der Waals surface area (Å²) >= 11 is 0. The van der Waals surface area contributed by atoms with E-state index in [1.807, 2.05) is 0 Å². The van der Waals surface area contributed by atoms with Gasteiger partial charge in [0, 0.05) is 12.4 Å². The Balaban J connectivity index is 2.47. The summed E-state index contributed by atoms with van der Waals surface area (Å²) in [5, 5.41) is 13.1. The van der Waals surface area contributed by atoms with Gasteiger partial charge >= 0.3 is 12.0 Å². The average Bonchev–Trinajstić information content (AvgIpc) is 2.18. The van der Waals surface area contributed by atoms with E-state index in [0.29, 0.717) is 0 Å². The topological polar surface area (TPSA) is 104 Å². The number of hydrogen-bond acceptors (Lipinski definition) is 4. The summed E-state index contributed by atoms with van der Waals surface area (Å²) in [4.78, 5) is 29.1. The number of nitrogens with one attached hydrogen (secondary N) is 2. The number of nitrogens with zero attached hydrogens (tertiary/aromatic N) is 2. The first-order chi connectivity index (χ1) is 7.09. The Hall–Kier alpha value is -2.18. The Morgan fingerprint density at radius 2 is 2.20 bits per heavy atom. The van der Waals surface area contributed by atoms with Gasteiger partial charge in [0.15, 0.2) is 5.82 Å². The largest absolute Gasteiger partial charge is 0.480 e. The van der Waals surface area contributed by atoms with Gasteiger partial charge in [0.25, 0.3) is 0 Å². The quantitative estimate of drug-likeness (QED) is 0.654. The van der Waals surface area contributed by atoms with Crippen LogP contribution in [0.1, 0.15) is 6.92 Å². The molecule has 0 aliphatic carbocycles. The number of hydrogen-bond donors (Lipinski definition) is 3. The molecule has 0 saturated heterocycles. The predicted molar refractivity (Wildman–Crippen MR) is 51.3 cm³/mol. The van der Waals surface area contributed by atoms with Crippen molar-refractivity contribution in [3.8, 4) is 0 Å². The summed E-state index contributed by atoms with van der Waals surface area (Å²) in [6.07, 6.45) is 4.23. The van der Waals surface area contributed by atoms with Gasteiger partial charge in [-0.05, 0) is 6.92 Å². The van der Waals surface area contributed by atoms with E-state index in [1.165, 1.54) is 25.5 Å². The minimum atomic E-state index is -1.11. The minimum Gasteiger partial charge on any atom is -0.480 e. The molecule has 0 aromatic carbocycles. The summed E-state index contributed by atoms with van der Waals surface area (Å²) < 4.78 is 0. The number of anilines is 1. The SMILES string of the molecule is CC(NC(=O)Nc1cnccn1)C(=O)O. The summed E-state index contributed by atoms with van der Waals surface area (Å²) in [6.45, 7) is 1.36. The molecule has 7 nitrogen and oxygen atoms in total. The maximum Gasteiger partial charge on any atom is 0.325 e. The molecule has 3 N–H and O–H groups in total. The van der Waals surface area contributed by atoms with Crippen LogP contribution in [0.5, 0.6) is 0 Å². The second kappa shape index (κ2) is 4.89. The zero-order chi connectivity index (χ0) is 11.3. The highest BCUT2D eigenvalue weighted by Crippen LogP contribution is 1.96. The number of aliphatic carboxylic acids is 1. The van der Waals surface area contributed by atoms with Crippen LogP contribution in [0.2, 0.25) is 0 Å². The number of urea groups is 1. The van der Waals surface area contributed by atoms with Crippen molar-refractivity contribution in [2.24, 2.45) is 0 Å². The molecule has 15 heavy (non-hydrogen) atoms. The molecular weight excluding hydrogens is 200 g/mol. The van der Waals surface area contributed by atoms with Crippen LogP contribution in [0.3, 0.4) is 0 Å². The van der Waals surface area contributed by atoms with Crippen molar-refractivity contribution >= 4 is 17.8 Å². The van der Waals surface area contributed by atoms with Gasteiger partial charge < -0.3 is 10.4 Å². The third-order valence-corrected chi connectivity index (χ3v) is 1.52. The predicted octanol–water partition coefficient (Wildman–Crippen LogP) is 0.0712. The van der Waals surface area contributed by atoms with Crippen molar-refractivity contribution in [1.29, 1.82) is 0 Å². The summed E-state index contributed by atoms with van der Waals surface area (Å²) in [5.74, 6) is -0.850. The molecule has 1 aromatic heterocycles. The van der Waals surface area contributed by atoms with Crippen LogP contribution in [-0.2, 0) is 4.79 Å². The number of carbonyl (C=O) groups is 2. The number of amides is 2. The van der Waals surface area contributed by atoms with Crippen LogP contribution in [0, 0.1) is 0 Å². The highest BCUT2D eigenvalue weighted by atomic mass is 16.4. The fraction of sp³-hybridized carbons (Fsp3) is 0.250. The van der Waals surface area contributed by atoms with E-state index < -0.39 is 18.0 Å². The van der Waals surface area contributed by atoms with Gasteiger partial charge in [-0.1, -0.05) is 0 Å². The molecule has 1 aromatic rings. The van der Waals surface area contributed by atoms with Crippen LogP contribution in [-0.4, -0.2) is 33.1 Å². The van der Waals surface area contributed by atoms with Crippen LogP contribution < -0.4 is 10.6 Å². The Bertz CT molecular complexity index is 354. The molecule has 0 bridgehead atoms. The van der Waals surface area contributed by atoms with Gasteiger partial charge in [-0.2, -0.15) is 0 Å². The lowest BCUT2D eigenvalue weighted by Crippen LogP contribution is -2.41. The monoisotopic (exact) mass is 210 g/mol. The highest BCUT2D eigenvalue weighted by molar-refractivity contribution is 5.91. The van der Waals surface area contributed by atoms with E-state index in [1.54, 1.807) is 0 Å². The summed E-state index contributed by atoms with van der Waals surface area (Å²) in [6, 6.07) is -1.59. The summed E-state index contributed by atoms with van der Waals surface area (Å²) in [5.41, 5.74) is 0. The van der Waals surface area contributed by atoms with Crippen molar-refractivity contribution in [1.82, 2.24) is 15.3 Å². The fourth-order valence-corrected chi connectivity index (χ4v) is 0.774. The van der Waals surface area contributed by atoms with Gasteiger partial charge in [0.2, 0.25) is 0 Å². The second-order valence-corrected chi connectivity index (χ2v) is 2.75. The number of rotatable bonds is 3. The van der Waals surface area contributed by atoms with Gasteiger partial charge in [0.1, 0.15) is 6.04 Å². The van der Waals surface area contributed by atoms with Crippen LogP contribution >= 0.6 is 0 Å². The van der Waals surface area contributed by atoms with E-state index in [-0.39, 0.29) is 5.82 Å². The van der Waals surface area contributed by atoms with Gasteiger partial charge in [0.05, 0.1) is 6.20 Å². The Morgan fingerprint density at radius 3 is 2.73 bits per heavy atom. The molecule has 1 heterocycles. The molecule has 7 heteroatoms. The molecular formula is C8H10N4O3. The lowest BCUT2D eigenvalue weighted by Gasteiger charge is -2.09. The van der Waals surface area contributed by atoms with Crippen LogP contribution in [0.25, 0.3) is 0 Å². The van der Waals surface area contributed by atoms with Crippen LogP contribution in [0.15, 0.2) is 18.6 Å². The fourth-order valence-electron chi connectivity index (χ4n) is 0.774. The van der Waals surface area contributed by atoms with Crippen molar-refractivity contribution in [2.75, 3.05) is 5.32 Å². The first kappa shape index (κ1) is 10.9. The third kappa shape index (κ3) is 3.59. The van der Waals surface area contributed by atoms with Crippen molar-refractivity contribution in [3.63, 3.8) is 0 Å². The Kier molecular flexibility index (Phi) is 3.55. The lowest BCUT2D eigenvalue weighted by molar-refractivity contribution is -0.138. The van der Waals surface area contributed by atoms with Gasteiger partial charge in [-0.15, -0.1) is 0 Å². The summed E-state index contributed by atoms with van der Waals surface area (Å²) in [7, 11) is 0. The first-order valence-corrected chi connectivity index (χ1v) is 4.16. The average molecular weight is 210 g/mol. The van der Waals surface area contributed by atoms with E-state index >= 15 is 0 Å². The normalized spacial score (nSPS) is 11.5. The van der Waals surface area contributed by atoms with Crippen LogP contribution in [0.4, 0.5) is 10.6 Å². The number of carboxylic acids is 1. The van der Waals surface area contributed by atoms with E-state index in [0.717, 1.165) is 0 Å². The second-order valence-electron chi connectivity index (χ2n) is 2.75. The lowest BCUT2D eigenvalue weighted by atomic mass is 10.3. The smallest absolute Gasteiger partial charge is 0.325 e. The molecule has 0 spiro atoms. The molecule has 80 valence electrons. The molecule has 0 aliphatic rings. The molecule has 1 rings (SSSR count). The standard InChI is InChI=1S/C8H10N4O3/c1-5(7(13)14)11-8(15)12-6-4-9-2-3-10-6/h2-5H,1H3,(H,13,14)(H2,10,11,12,15). The minimum absolute atomic E-state index is 0.257. The maximum atomic E-state index is 11.2. The van der Waals surface area contributed by atoms with Crippen molar-refractivity contribution in [3.05, 3.63) is 18.6 Å². The molecule has 0 saturated carbocycles. The number of carbonyl (C=O) groups excluding carboxylic acids is 1. The molecule has 0 fully saturated rings. The molecule has 0 aliphatic heterocycles. The van der Waals surface area contributed by atoms with E-state index in [4.69, 9.17) is 5.11 Å². The van der Waals surface area contributed by atoms with Gasteiger partial charge in [-0.3, -0.25) is 15.1 Å².